The molecule has 1 saturated heterocycles. The fourth-order valence-corrected chi connectivity index (χ4v) is 4.87. The van der Waals surface area contributed by atoms with Crippen molar-refractivity contribution < 1.29 is 0 Å². The second-order valence-electron chi connectivity index (χ2n) is 4.89. The number of hydrogen-bond acceptors (Lipinski definition) is 4. The van der Waals surface area contributed by atoms with Crippen molar-refractivity contribution in [2.75, 3.05) is 17.6 Å². The van der Waals surface area contributed by atoms with E-state index in [1.54, 1.807) is 11.3 Å². The number of hydrogen-bond donors (Lipinski definition) is 1. The van der Waals surface area contributed by atoms with Gasteiger partial charge in [0, 0.05) is 15.8 Å². The molecule has 0 amide bonds. The minimum absolute atomic E-state index is 0.387. The van der Waals surface area contributed by atoms with Gasteiger partial charge in [0.1, 0.15) is 0 Å². The van der Waals surface area contributed by atoms with Crippen molar-refractivity contribution in [2.45, 2.75) is 24.5 Å². The van der Waals surface area contributed by atoms with Crippen molar-refractivity contribution in [3.05, 3.63) is 22.7 Å². The van der Waals surface area contributed by atoms with Crippen LogP contribution in [0.2, 0.25) is 0 Å². The molecule has 96 valence electrons. The van der Waals surface area contributed by atoms with E-state index in [1.807, 2.05) is 6.07 Å². The lowest BCUT2D eigenvalue weighted by Gasteiger charge is -2.22. The number of fused-ring (bicyclic) bond motifs is 1. The lowest BCUT2D eigenvalue weighted by molar-refractivity contribution is 0.634. The summed E-state index contributed by atoms with van der Waals surface area (Å²) in [5.41, 5.74) is 1.08. The number of aromatic nitrogens is 1. The number of nitrogens with zero attached hydrogens (tertiary/aromatic N) is 1. The summed E-state index contributed by atoms with van der Waals surface area (Å²) in [5, 5.41) is 4.55. The first-order valence-corrected chi connectivity index (χ1v) is 8.68. The van der Waals surface area contributed by atoms with Crippen LogP contribution in [0.1, 0.15) is 19.8 Å². The zero-order valence-electron chi connectivity index (χ0n) is 10.2. The molecule has 3 rings (SSSR count). The molecule has 1 N–H and O–H groups in total. The van der Waals surface area contributed by atoms with Crippen LogP contribution in [0.5, 0.6) is 0 Å². The van der Waals surface area contributed by atoms with Crippen molar-refractivity contribution in [1.29, 1.82) is 0 Å². The minimum atomic E-state index is 0.387. The molecule has 1 aromatic carbocycles. The van der Waals surface area contributed by atoms with E-state index in [0.717, 1.165) is 21.7 Å². The molecule has 1 aromatic heterocycles. The lowest BCUT2D eigenvalue weighted by atomic mass is 10.1. The monoisotopic (exact) mass is 342 g/mol. The third kappa shape index (κ3) is 2.68. The Labute approximate surface area is 124 Å². The van der Waals surface area contributed by atoms with Gasteiger partial charge >= 0.3 is 0 Å². The molecule has 18 heavy (non-hydrogen) atoms. The Morgan fingerprint density at radius 1 is 1.50 bits per heavy atom. The molecule has 2 heterocycles. The Morgan fingerprint density at radius 3 is 3.17 bits per heavy atom. The fourth-order valence-electron chi connectivity index (χ4n) is 2.21. The molecule has 0 bridgehead atoms. The molecule has 0 aliphatic carbocycles. The van der Waals surface area contributed by atoms with Gasteiger partial charge in [0.25, 0.3) is 0 Å². The first-order valence-electron chi connectivity index (χ1n) is 6.09. The number of thioether (sulfide) groups is 1. The van der Waals surface area contributed by atoms with Gasteiger partial charge in [-0.2, -0.15) is 11.8 Å². The summed E-state index contributed by atoms with van der Waals surface area (Å²) < 4.78 is 2.73. The third-order valence-corrected chi connectivity index (χ3v) is 6.27. The highest BCUT2D eigenvalue weighted by Gasteiger charge is 2.29. The van der Waals surface area contributed by atoms with Crippen molar-refractivity contribution in [1.82, 2.24) is 4.98 Å². The summed E-state index contributed by atoms with van der Waals surface area (Å²) in [4.78, 5) is 4.62. The Bertz CT molecular complexity index is 561. The molecule has 1 aliphatic rings. The summed E-state index contributed by atoms with van der Waals surface area (Å²) >= 11 is 7.31. The van der Waals surface area contributed by atoms with Crippen molar-refractivity contribution >= 4 is 54.4 Å². The average molecular weight is 343 g/mol. The highest BCUT2D eigenvalue weighted by molar-refractivity contribution is 9.10. The molecule has 2 aromatic rings. The average Bonchev–Trinajstić information content (AvgIpc) is 2.93. The van der Waals surface area contributed by atoms with Crippen LogP contribution in [0.3, 0.4) is 0 Å². The molecule has 1 fully saturated rings. The van der Waals surface area contributed by atoms with Gasteiger partial charge in [0.2, 0.25) is 0 Å². The topological polar surface area (TPSA) is 24.9 Å². The van der Waals surface area contributed by atoms with Crippen LogP contribution in [0.4, 0.5) is 5.13 Å². The van der Waals surface area contributed by atoms with Crippen LogP contribution < -0.4 is 5.32 Å². The van der Waals surface area contributed by atoms with E-state index >= 15 is 0 Å². The quantitative estimate of drug-likeness (QED) is 0.870. The largest absolute Gasteiger partial charge is 0.360 e. The predicted molar refractivity (Wildman–Crippen MR) is 85.9 cm³/mol. The summed E-state index contributed by atoms with van der Waals surface area (Å²) in [5.74, 6) is 1.30. The van der Waals surface area contributed by atoms with E-state index in [9.17, 15) is 0 Å². The standard InChI is InChI=1S/C13H15BrN2S2/c1-13(5-2-6-17-13)8-15-12-16-10-4-3-9(14)7-11(10)18-12/h3-4,7H,2,5-6,8H2,1H3,(H,15,16). The molecule has 0 saturated carbocycles. The maximum Gasteiger partial charge on any atom is 0.183 e. The highest BCUT2D eigenvalue weighted by atomic mass is 79.9. The van der Waals surface area contributed by atoms with Crippen LogP contribution in [0, 0.1) is 0 Å². The van der Waals surface area contributed by atoms with E-state index in [1.165, 1.54) is 23.3 Å². The molecular weight excluding hydrogens is 328 g/mol. The van der Waals surface area contributed by atoms with Crippen molar-refractivity contribution in [2.24, 2.45) is 0 Å². The number of benzene rings is 1. The Kier molecular flexibility index (Phi) is 3.56. The first-order chi connectivity index (χ1) is 8.65. The Balaban J connectivity index is 1.74. The zero-order chi connectivity index (χ0) is 12.6. The second-order valence-corrected chi connectivity index (χ2v) is 8.52. The summed E-state index contributed by atoms with van der Waals surface area (Å²) in [7, 11) is 0. The molecule has 5 heteroatoms. The number of nitrogens with one attached hydrogen (secondary N) is 1. The van der Waals surface area contributed by atoms with E-state index in [4.69, 9.17) is 0 Å². The van der Waals surface area contributed by atoms with Crippen LogP contribution in [-0.2, 0) is 0 Å². The van der Waals surface area contributed by atoms with Crippen molar-refractivity contribution in [3.63, 3.8) is 0 Å². The number of rotatable bonds is 3. The molecule has 0 radical (unpaired) electrons. The zero-order valence-corrected chi connectivity index (χ0v) is 13.4. The van der Waals surface area contributed by atoms with Gasteiger partial charge in [-0.1, -0.05) is 27.3 Å². The molecule has 1 unspecified atom stereocenters. The third-order valence-electron chi connectivity index (χ3n) is 3.26. The number of thiazole rings is 1. The van der Waals surface area contributed by atoms with E-state index in [-0.39, 0.29) is 0 Å². The number of anilines is 1. The van der Waals surface area contributed by atoms with Gasteiger partial charge in [-0.3, -0.25) is 0 Å². The van der Waals surface area contributed by atoms with Gasteiger partial charge in [0.15, 0.2) is 5.13 Å². The van der Waals surface area contributed by atoms with Gasteiger partial charge in [-0.05, 0) is 43.7 Å². The Morgan fingerprint density at radius 2 is 2.39 bits per heavy atom. The lowest BCUT2D eigenvalue weighted by Crippen LogP contribution is -2.26. The number of halogens is 1. The van der Waals surface area contributed by atoms with Gasteiger partial charge in [-0.15, -0.1) is 0 Å². The summed E-state index contributed by atoms with van der Waals surface area (Å²) in [6.45, 7) is 3.36. The maximum atomic E-state index is 4.62. The van der Waals surface area contributed by atoms with Crippen LogP contribution in [0.15, 0.2) is 22.7 Å². The van der Waals surface area contributed by atoms with E-state index in [0.29, 0.717) is 4.75 Å². The second kappa shape index (κ2) is 5.02. The first kappa shape index (κ1) is 12.8. The van der Waals surface area contributed by atoms with Crippen molar-refractivity contribution in [3.8, 4) is 0 Å². The predicted octanol–water partition coefficient (Wildman–Crippen LogP) is 4.76. The van der Waals surface area contributed by atoms with Crippen LogP contribution in [-0.4, -0.2) is 22.0 Å². The Hall–Kier alpha value is -0.260. The molecular formula is C13H15BrN2S2. The molecule has 1 aliphatic heterocycles. The SMILES string of the molecule is CC1(CNc2nc3ccc(Br)cc3s2)CCCS1. The van der Waals surface area contributed by atoms with Gasteiger partial charge in [-0.25, -0.2) is 4.98 Å². The van der Waals surface area contributed by atoms with Crippen LogP contribution >= 0.6 is 39.0 Å². The molecule has 0 spiro atoms. The summed E-state index contributed by atoms with van der Waals surface area (Å²) in [6.07, 6.45) is 2.65. The van der Waals surface area contributed by atoms with Crippen LogP contribution in [0.25, 0.3) is 10.2 Å². The smallest absolute Gasteiger partial charge is 0.183 e. The fraction of sp³-hybridized carbons (Fsp3) is 0.462. The minimum Gasteiger partial charge on any atom is -0.360 e. The van der Waals surface area contributed by atoms with Gasteiger partial charge < -0.3 is 5.32 Å². The molecule has 1 atom stereocenters. The molecule has 2 nitrogen and oxygen atoms in total. The highest BCUT2D eigenvalue weighted by Crippen LogP contribution is 2.38. The van der Waals surface area contributed by atoms with E-state index < -0.39 is 0 Å². The normalized spacial score (nSPS) is 23.7. The maximum absolute atomic E-state index is 4.62. The summed E-state index contributed by atoms with van der Waals surface area (Å²) in [6, 6.07) is 6.23. The van der Waals surface area contributed by atoms with Gasteiger partial charge in [0.05, 0.1) is 10.2 Å². The van der Waals surface area contributed by atoms with E-state index in [2.05, 4.69) is 57.0 Å².